The monoisotopic (exact) mass is 392 g/mol. The molecule has 1 saturated heterocycles. The maximum Gasteiger partial charge on any atom is 0.416 e. The third-order valence-corrected chi connectivity index (χ3v) is 4.79. The van der Waals surface area contributed by atoms with Gasteiger partial charge in [-0.2, -0.15) is 13.2 Å². The first-order chi connectivity index (χ1) is 13.2. The number of carbonyl (C=O) groups excluding carboxylic acids is 1. The second-order valence-electron chi connectivity index (χ2n) is 7.01. The maximum absolute atomic E-state index is 12.9. The van der Waals surface area contributed by atoms with Crippen LogP contribution < -0.4 is 15.0 Å². The van der Waals surface area contributed by atoms with E-state index in [2.05, 4.69) is 5.32 Å². The maximum atomic E-state index is 12.9. The van der Waals surface area contributed by atoms with E-state index >= 15 is 0 Å². The molecular weight excluding hydrogens is 369 g/mol. The Bertz CT molecular complexity index is 821. The number of carbonyl (C=O) groups is 1. The van der Waals surface area contributed by atoms with Gasteiger partial charge in [-0.05, 0) is 42.8 Å². The molecule has 0 radical (unpaired) electrons. The molecule has 1 aliphatic heterocycles. The summed E-state index contributed by atoms with van der Waals surface area (Å²) in [7, 11) is 0. The van der Waals surface area contributed by atoms with Gasteiger partial charge in [0.15, 0.2) is 0 Å². The van der Waals surface area contributed by atoms with Crippen LogP contribution in [-0.4, -0.2) is 25.1 Å². The number of anilines is 1. The topological polar surface area (TPSA) is 41.6 Å². The van der Waals surface area contributed by atoms with Crippen molar-refractivity contribution in [2.24, 2.45) is 0 Å². The Morgan fingerprint density at radius 1 is 1.21 bits per heavy atom. The van der Waals surface area contributed by atoms with E-state index in [1.807, 2.05) is 36.1 Å². The van der Waals surface area contributed by atoms with E-state index < -0.39 is 11.7 Å². The van der Waals surface area contributed by atoms with Crippen molar-refractivity contribution >= 4 is 11.6 Å². The fourth-order valence-electron chi connectivity index (χ4n) is 3.35. The van der Waals surface area contributed by atoms with Crippen LogP contribution in [0.4, 0.5) is 18.9 Å². The van der Waals surface area contributed by atoms with Gasteiger partial charge < -0.3 is 15.0 Å². The van der Waals surface area contributed by atoms with Gasteiger partial charge >= 0.3 is 6.18 Å². The first-order valence-corrected chi connectivity index (χ1v) is 9.18. The summed E-state index contributed by atoms with van der Waals surface area (Å²) in [5, 5.41) is 2.82. The normalized spacial score (nSPS) is 18.0. The molecule has 28 heavy (non-hydrogen) atoms. The van der Waals surface area contributed by atoms with Crippen LogP contribution in [0, 0.1) is 0 Å². The highest BCUT2D eigenvalue weighted by Crippen LogP contribution is 2.33. The summed E-state index contributed by atoms with van der Waals surface area (Å²) in [6.07, 6.45) is -3.70. The Labute approximate surface area is 162 Å². The fraction of sp³-hybridized carbons (Fsp3) is 0.381. The number of alkyl halides is 3. The molecule has 1 fully saturated rings. The van der Waals surface area contributed by atoms with Crippen LogP contribution in [-0.2, 0) is 11.0 Å². The lowest BCUT2D eigenvalue weighted by atomic mass is 10.1. The van der Waals surface area contributed by atoms with E-state index in [9.17, 15) is 18.0 Å². The van der Waals surface area contributed by atoms with Crippen LogP contribution in [0.15, 0.2) is 48.5 Å². The Balaban J connectivity index is 1.60. The van der Waals surface area contributed by atoms with Crippen LogP contribution in [0.1, 0.15) is 37.4 Å². The molecule has 1 heterocycles. The Morgan fingerprint density at radius 3 is 2.57 bits per heavy atom. The summed E-state index contributed by atoms with van der Waals surface area (Å²) in [6, 6.07) is 12.8. The molecule has 4 nitrogen and oxygen atoms in total. The number of amides is 1. The zero-order valence-electron chi connectivity index (χ0n) is 15.8. The van der Waals surface area contributed by atoms with Gasteiger partial charge in [0.2, 0.25) is 5.91 Å². The lowest BCUT2D eigenvalue weighted by Crippen LogP contribution is -2.25. The van der Waals surface area contributed by atoms with Crippen molar-refractivity contribution < 1.29 is 22.7 Å². The second-order valence-corrected chi connectivity index (χ2v) is 7.01. The summed E-state index contributed by atoms with van der Waals surface area (Å²) in [5.41, 5.74) is 0.887. The van der Waals surface area contributed by atoms with E-state index in [4.69, 9.17) is 4.74 Å². The van der Waals surface area contributed by atoms with E-state index in [0.29, 0.717) is 24.5 Å². The van der Waals surface area contributed by atoms with Gasteiger partial charge in [-0.1, -0.05) is 18.2 Å². The van der Waals surface area contributed by atoms with Gasteiger partial charge in [-0.25, -0.2) is 0 Å². The molecule has 2 atom stereocenters. The van der Waals surface area contributed by atoms with Gasteiger partial charge in [0, 0.05) is 25.6 Å². The minimum Gasteiger partial charge on any atom is -0.489 e. The lowest BCUT2D eigenvalue weighted by molar-refractivity contribution is -0.137. The van der Waals surface area contributed by atoms with Crippen molar-refractivity contribution in [2.45, 2.75) is 38.6 Å². The number of rotatable bonds is 5. The molecule has 1 N–H and O–H groups in total. The number of nitrogens with zero attached hydrogens (tertiary/aromatic N) is 1. The van der Waals surface area contributed by atoms with Crippen LogP contribution >= 0.6 is 0 Å². The summed E-state index contributed by atoms with van der Waals surface area (Å²) in [6.45, 7) is 4.56. The summed E-state index contributed by atoms with van der Waals surface area (Å²) < 4.78 is 44.7. The molecule has 150 valence electrons. The minimum atomic E-state index is -4.35. The number of halogens is 3. The molecule has 7 heteroatoms. The first kappa shape index (κ1) is 20.0. The van der Waals surface area contributed by atoms with Gasteiger partial charge in [0.05, 0.1) is 18.2 Å². The molecule has 0 saturated carbocycles. The molecule has 0 bridgehead atoms. The predicted octanol–water partition coefficient (Wildman–Crippen LogP) is 4.56. The number of benzene rings is 2. The lowest BCUT2D eigenvalue weighted by Gasteiger charge is -2.20. The third kappa shape index (κ3) is 4.97. The molecule has 1 unspecified atom stereocenters. The number of ether oxygens (including phenoxy) is 1. The van der Waals surface area contributed by atoms with Crippen LogP contribution in [0.5, 0.6) is 5.75 Å². The average molecular weight is 392 g/mol. The van der Waals surface area contributed by atoms with Crippen molar-refractivity contribution in [3.63, 3.8) is 0 Å². The molecule has 1 amide bonds. The van der Waals surface area contributed by atoms with Crippen molar-refractivity contribution in [1.82, 2.24) is 5.32 Å². The van der Waals surface area contributed by atoms with E-state index in [-0.39, 0.29) is 18.1 Å². The van der Waals surface area contributed by atoms with Gasteiger partial charge in [-0.15, -0.1) is 0 Å². The zero-order valence-corrected chi connectivity index (χ0v) is 15.8. The molecule has 1 aliphatic rings. The van der Waals surface area contributed by atoms with Crippen LogP contribution in [0.3, 0.4) is 0 Å². The van der Waals surface area contributed by atoms with E-state index in [1.54, 1.807) is 6.07 Å². The first-order valence-electron chi connectivity index (χ1n) is 9.18. The Morgan fingerprint density at radius 2 is 1.93 bits per heavy atom. The van der Waals surface area contributed by atoms with Crippen molar-refractivity contribution in [2.75, 3.05) is 18.0 Å². The zero-order chi connectivity index (χ0) is 20.3. The predicted molar refractivity (Wildman–Crippen MR) is 101 cm³/mol. The molecular formula is C21H23F3N2O2. The smallest absolute Gasteiger partial charge is 0.416 e. The number of nitrogens with one attached hydrogen (secondary N) is 1. The largest absolute Gasteiger partial charge is 0.489 e. The summed E-state index contributed by atoms with van der Waals surface area (Å²) >= 11 is 0. The minimum absolute atomic E-state index is 0.0885. The van der Waals surface area contributed by atoms with Gasteiger partial charge in [0.25, 0.3) is 0 Å². The van der Waals surface area contributed by atoms with Crippen LogP contribution in [0.25, 0.3) is 0 Å². The van der Waals surface area contributed by atoms with Crippen LogP contribution in [0.2, 0.25) is 0 Å². The van der Waals surface area contributed by atoms with Gasteiger partial charge in [0.1, 0.15) is 11.9 Å². The standard InChI is InChI=1S/C21H23F3N2O2/c1-14(25-15(2)27)16-6-8-19(9-7-16)28-20-10-11-26(13-20)18-5-3-4-17(12-18)21(22,23)24/h3-9,12,14,20H,10-11,13H2,1-2H3,(H,25,27)/t14-,20?/m0/s1. The van der Waals surface area contributed by atoms with Crippen molar-refractivity contribution in [1.29, 1.82) is 0 Å². The highest BCUT2D eigenvalue weighted by Gasteiger charge is 2.32. The van der Waals surface area contributed by atoms with Crippen molar-refractivity contribution in [3.8, 4) is 5.75 Å². The highest BCUT2D eigenvalue weighted by molar-refractivity contribution is 5.73. The van der Waals surface area contributed by atoms with Gasteiger partial charge in [-0.3, -0.25) is 4.79 Å². The molecule has 0 aromatic heterocycles. The quantitative estimate of drug-likeness (QED) is 0.811. The van der Waals surface area contributed by atoms with E-state index in [0.717, 1.165) is 18.1 Å². The Hall–Kier alpha value is -2.70. The number of hydrogen-bond acceptors (Lipinski definition) is 3. The van der Waals surface area contributed by atoms with Crippen molar-refractivity contribution in [3.05, 3.63) is 59.7 Å². The Kier molecular flexibility index (Phi) is 5.82. The number of hydrogen-bond donors (Lipinski definition) is 1. The SMILES string of the molecule is CC(=O)N[C@@H](C)c1ccc(OC2CCN(c3cccc(C(F)(F)F)c3)C2)cc1. The van der Waals surface area contributed by atoms with E-state index in [1.165, 1.54) is 19.1 Å². The second kappa shape index (κ2) is 8.12. The fourth-order valence-corrected chi connectivity index (χ4v) is 3.35. The summed E-state index contributed by atoms with van der Waals surface area (Å²) in [4.78, 5) is 13.1. The molecule has 2 aromatic rings. The average Bonchev–Trinajstić information content (AvgIpc) is 3.10. The molecule has 0 spiro atoms. The third-order valence-electron chi connectivity index (χ3n) is 4.79. The molecule has 3 rings (SSSR count). The summed E-state index contributed by atoms with van der Waals surface area (Å²) in [5.74, 6) is 0.614. The highest BCUT2D eigenvalue weighted by atomic mass is 19.4. The molecule has 0 aliphatic carbocycles. The molecule has 2 aromatic carbocycles.